The van der Waals surface area contributed by atoms with Crippen LogP contribution in [0.25, 0.3) is 16.7 Å². The number of thioether (sulfide) groups is 1. The van der Waals surface area contributed by atoms with E-state index in [2.05, 4.69) is 12.0 Å². The third kappa shape index (κ3) is 3.23. The monoisotopic (exact) mass is 423 g/mol. The number of piperidine rings is 1. The van der Waals surface area contributed by atoms with Crippen LogP contribution in [0.2, 0.25) is 0 Å². The minimum absolute atomic E-state index is 0.106. The lowest BCUT2D eigenvalue weighted by molar-refractivity contribution is -0.135. The fourth-order valence-corrected chi connectivity index (χ4v) is 5.74. The van der Waals surface area contributed by atoms with Crippen molar-refractivity contribution in [1.82, 2.24) is 24.2 Å². The van der Waals surface area contributed by atoms with Gasteiger partial charge in [-0.3, -0.25) is 14.2 Å². The topological polar surface area (TPSA) is 73.0 Å². The van der Waals surface area contributed by atoms with Crippen molar-refractivity contribution < 1.29 is 4.79 Å². The molecule has 2 aliphatic heterocycles. The van der Waals surface area contributed by atoms with E-state index in [1.807, 2.05) is 35.2 Å². The molecule has 8 heteroatoms. The minimum Gasteiger partial charge on any atom is -0.340 e. The van der Waals surface area contributed by atoms with E-state index in [-0.39, 0.29) is 17.5 Å². The maximum absolute atomic E-state index is 13.3. The number of hydrogen-bond donors (Lipinski definition) is 0. The summed E-state index contributed by atoms with van der Waals surface area (Å²) in [5.41, 5.74) is 1.33. The summed E-state index contributed by atoms with van der Waals surface area (Å²) in [6, 6.07) is 9.88. The van der Waals surface area contributed by atoms with Gasteiger partial charge in [-0.2, -0.15) is 5.10 Å². The summed E-state index contributed by atoms with van der Waals surface area (Å²) in [5.74, 6) is 0.858. The van der Waals surface area contributed by atoms with Crippen molar-refractivity contribution in [2.75, 3.05) is 12.3 Å². The first-order chi connectivity index (χ1) is 14.7. The standard InChI is InChI=1S/C22H25N5O2S/c1-2-15-8-6-7-11-25(15)19(28)12-17-14-30-22-24-20-18(21(29)26(17)22)13-23-27(20)16-9-4-3-5-10-16/h3-5,9-10,13,15,17H,2,6-8,11-12,14H2,1H3. The second kappa shape index (κ2) is 7.91. The number of para-hydroxylation sites is 1. The summed E-state index contributed by atoms with van der Waals surface area (Å²) in [6.45, 7) is 2.98. The number of rotatable bonds is 4. The maximum atomic E-state index is 13.3. The molecule has 4 heterocycles. The van der Waals surface area contributed by atoms with Crippen LogP contribution in [-0.2, 0) is 4.79 Å². The molecule has 5 rings (SSSR count). The molecule has 1 fully saturated rings. The number of likely N-dealkylation sites (tertiary alicyclic amines) is 1. The van der Waals surface area contributed by atoms with Crippen molar-refractivity contribution in [1.29, 1.82) is 0 Å². The molecular weight excluding hydrogens is 398 g/mol. The van der Waals surface area contributed by atoms with E-state index < -0.39 is 0 Å². The SMILES string of the molecule is CCC1CCCCN1C(=O)CC1CSc2nc3c(cnn3-c3ccccc3)c(=O)n21. The third-order valence-electron chi connectivity index (χ3n) is 6.20. The molecule has 1 saturated heterocycles. The average Bonchev–Trinajstić information content (AvgIpc) is 3.39. The number of fused-ring (bicyclic) bond motifs is 2. The fraction of sp³-hybridized carbons (Fsp3) is 0.455. The van der Waals surface area contributed by atoms with E-state index >= 15 is 0 Å². The number of hydrogen-bond acceptors (Lipinski definition) is 5. The molecule has 0 bridgehead atoms. The van der Waals surface area contributed by atoms with Gasteiger partial charge in [0.2, 0.25) is 5.91 Å². The molecule has 0 saturated carbocycles. The quantitative estimate of drug-likeness (QED) is 0.602. The molecule has 0 N–H and O–H groups in total. The highest BCUT2D eigenvalue weighted by Crippen LogP contribution is 2.34. The normalized spacial score (nSPS) is 21.2. The smallest absolute Gasteiger partial charge is 0.265 e. The van der Waals surface area contributed by atoms with Crippen molar-refractivity contribution in [3.05, 3.63) is 46.9 Å². The highest BCUT2D eigenvalue weighted by Gasteiger charge is 2.33. The second-order valence-electron chi connectivity index (χ2n) is 8.01. The molecule has 2 aliphatic rings. The molecule has 1 amide bonds. The van der Waals surface area contributed by atoms with Crippen LogP contribution in [0, 0.1) is 0 Å². The summed E-state index contributed by atoms with van der Waals surface area (Å²) in [4.78, 5) is 33.1. The molecule has 2 unspecified atom stereocenters. The van der Waals surface area contributed by atoms with Gasteiger partial charge in [-0.1, -0.05) is 36.9 Å². The van der Waals surface area contributed by atoms with Gasteiger partial charge in [0, 0.05) is 24.8 Å². The molecule has 1 aromatic carbocycles. The molecule has 30 heavy (non-hydrogen) atoms. The van der Waals surface area contributed by atoms with Crippen LogP contribution in [0.1, 0.15) is 45.1 Å². The largest absolute Gasteiger partial charge is 0.340 e. The van der Waals surface area contributed by atoms with Crippen molar-refractivity contribution >= 4 is 28.7 Å². The number of carbonyl (C=O) groups excluding carboxylic acids is 1. The van der Waals surface area contributed by atoms with Crippen molar-refractivity contribution in [3.63, 3.8) is 0 Å². The summed E-state index contributed by atoms with van der Waals surface area (Å²) < 4.78 is 3.42. The number of aromatic nitrogens is 4. The second-order valence-corrected chi connectivity index (χ2v) is 9.00. The molecule has 2 aromatic heterocycles. The van der Waals surface area contributed by atoms with Crippen LogP contribution in [-0.4, -0.2) is 48.5 Å². The average molecular weight is 424 g/mol. The molecule has 2 atom stereocenters. The Morgan fingerprint density at radius 3 is 2.83 bits per heavy atom. The van der Waals surface area contributed by atoms with Gasteiger partial charge in [0.15, 0.2) is 10.8 Å². The lowest BCUT2D eigenvalue weighted by Crippen LogP contribution is -2.44. The minimum atomic E-state index is -0.151. The van der Waals surface area contributed by atoms with Crippen LogP contribution >= 0.6 is 11.8 Å². The van der Waals surface area contributed by atoms with Crippen LogP contribution in [0.4, 0.5) is 0 Å². The lowest BCUT2D eigenvalue weighted by Gasteiger charge is -2.36. The Morgan fingerprint density at radius 1 is 1.20 bits per heavy atom. The van der Waals surface area contributed by atoms with E-state index in [0.29, 0.717) is 34.4 Å². The van der Waals surface area contributed by atoms with Crippen LogP contribution in [0.3, 0.4) is 0 Å². The Balaban J connectivity index is 1.46. The van der Waals surface area contributed by atoms with Gasteiger partial charge < -0.3 is 4.90 Å². The molecule has 156 valence electrons. The molecule has 3 aromatic rings. The van der Waals surface area contributed by atoms with Gasteiger partial charge in [-0.05, 0) is 37.8 Å². The van der Waals surface area contributed by atoms with Crippen LogP contribution in [0.5, 0.6) is 0 Å². The first kappa shape index (κ1) is 19.4. The van der Waals surface area contributed by atoms with Gasteiger partial charge in [-0.15, -0.1) is 0 Å². The Kier molecular flexibility index (Phi) is 5.10. The highest BCUT2D eigenvalue weighted by atomic mass is 32.2. The first-order valence-electron chi connectivity index (χ1n) is 10.7. The van der Waals surface area contributed by atoms with Crippen molar-refractivity contribution in [2.45, 2.75) is 56.3 Å². The fourth-order valence-electron chi connectivity index (χ4n) is 4.61. The third-order valence-corrected chi connectivity index (χ3v) is 7.30. The Hall–Kier alpha value is -2.61. The summed E-state index contributed by atoms with van der Waals surface area (Å²) >= 11 is 1.55. The first-order valence-corrected chi connectivity index (χ1v) is 11.6. The Bertz CT molecular complexity index is 1140. The van der Waals surface area contributed by atoms with Gasteiger partial charge in [0.1, 0.15) is 5.39 Å². The predicted octanol–water partition coefficient (Wildman–Crippen LogP) is 3.41. The predicted molar refractivity (Wildman–Crippen MR) is 117 cm³/mol. The summed E-state index contributed by atoms with van der Waals surface area (Å²) in [5, 5.41) is 5.57. The van der Waals surface area contributed by atoms with Gasteiger partial charge >= 0.3 is 0 Å². The summed E-state index contributed by atoms with van der Waals surface area (Å²) in [6.07, 6.45) is 6.28. The molecular formula is C22H25N5O2S. The zero-order valence-corrected chi connectivity index (χ0v) is 17.8. The molecule has 0 radical (unpaired) electrons. The van der Waals surface area contributed by atoms with E-state index in [4.69, 9.17) is 4.98 Å². The molecule has 0 spiro atoms. The van der Waals surface area contributed by atoms with Crippen LogP contribution < -0.4 is 5.56 Å². The summed E-state index contributed by atoms with van der Waals surface area (Å²) in [7, 11) is 0. The van der Waals surface area contributed by atoms with E-state index in [1.54, 1.807) is 27.2 Å². The molecule has 0 aliphatic carbocycles. The van der Waals surface area contributed by atoms with E-state index in [9.17, 15) is 9.59 Å². The number of nitrogens with zero attached hydrogens (tertiary/aromatic N) is 5. The van der Waals surface area contributed by atoms with E-state index in [1.165, 1.54) is 6.42 Å². The maximum Gasteiger partial charge on any atom is 0.265 e. The lowest BCUT2D eigenvalue weighted by atomic mass is 9.99. The zero-order chi connectivity index (χ0) is 20.7. The number of amides is 1. The van der Waals surface area contributed by atoms with Crippen molar-refractivity contribution in [2.24, 2.45) is 0 Å². The highest BCUT2D eigenvalue weighted by molar-refractivity contribution is 7.99. The molecule has 7 nitrogen and oxygen atoms in total. The Morgan fingerprint density at radius 2 is 2.03 bits per heavy atom. The zero-order valence-electron chi connectivity index (χ0n) is 17.0. The number of carbonyl (C=O) groups is 1. The van der Waals surface area contributed by atoms with Crippen LogP contribution in [0.15, 0.2) is 46.5 Å². The van der Waals surface area contributed by atoms with Gasteiger partial charge in [-0.25, -0.2) is 9.67 Å². The Labute approximate surface area is 179 Å². The van der Waals surface area contributed by atoms with E-state index in [0.717, 1.165) is 31.5 Å². The van der Waals surface area contributed by atoms with Crippen molar-refractivity contribution in [3.8, 4) is 5.69 Å². The van der Waals surface area contributed by atoms with Gasteiger partial charge in [0.25, 0.3) is 5.56 Å². The number of benzene rings is 1. The van der Waals surface area contributed by atoms with Gasteiger partial charge in [0.05, 0.1) is 17.9 Å².